The highest BCUT2D eigenvalue weighted by molar-refractivity contribution is 5.23. The maximum Gasteiger partial charge on any atom is 0.329 e. The van der Waals surface area contributed by atoms with Gasteiger partial charge in [-0.3, -0.25) is 14.3 Å². The van der Waals surface area contributed by atoms with Crippen LogP contribution in [0.3, 0.4) is 0 Å². The number of H-pyrrole nitrogens is 1. The van der Waals surface area contributed by atoms with Gasteiger partial charge < -0.3 is 5.73 Å². The van der Waals surface area contributed by atoms with E-state index < -0.39 is 18.2 Å². The van der Waals surface area contributed by atoms with Crippen LogP contribution in [0.5, 0.6) is 0 Å². The Labute approximate surface area is 60.3 Å². The van der Waals surface area contributed by atoms with Gasteiger partial charge in [-0.25, -0.2) is 4.79 Å². The van der Waals surface area contributed by atoms with Gasteiger partial charge in [-0.15, -0.1) is 0 Å². The number of hydrogen-bond donors (Lipinski definition) is 2. The normalized spacial score (nSPS) is 15.4. The van der Waals surface area contributed by atoms with E-state index >= 15 is 0 Å². The van der Waals surface area contributed by atoms with Crippen molar-refractivity contribution in [2.75, 3.05) is 5.73 Å². The zero-order valence-corrected chi connectivity index (χ0v) is 4.92. The fourth-order valence-electron chi connectivity index (χ4n) is 0.513. The van der Waals surface area contributed by atoms with Gasteiger partial charge >= 0.3 is 5.69 Å². The average Bonchev–Trinajstić information content (AvgIpc) is 1.78. The molecule has 0 saturated carbocycles. The quantitative estimate of drug-likeness (QED) is 0.472. The summed E-state index contributed by atoms with van der Waals surface area (Å²) in [5.74, 6) is -0.157. The number of nitrogens with two attached hydrogens (primary N) is 1. The van der Waals surface area contributed by atoms with Crippen molar-refractivity contribution in [3.63, 3.8) is 0 Å². The topological polar surface area (TPSA) is 80.9 Å². The van der Waals surface area contributed by atoms with Gasteiger partial charge in [-0.05, 0) is 0 Å². The molecule has 0 aromatic carbocycles. The van der Waals surface area contributed by atoms with E-state index in [-0.39, 0.29) is 10.4 Å². The molecule has 1 aromatic rings. The number of rotatable bonds is 0. The molecule has 0 bridgehead atoms. The van der Waals surface area contributed by atoms with E-state index in [1.807, 2.05) is 4.98 Å². The molecule has 5 heteroatoms. The second-order valence-corrected chi connectivity index (χ2v) is 1.70. The number of aromatic amines is 1. The number of nitrogens with one attached hydrogen (secondary N) is 1. The first-order valence-electron chi connectivity index (χ1n) is 3.95. The lowest BCUT2D eigenvalue weighted by Crippen LogP contribution is -2.32. The van der Waals surface area contributed by atoms with Gasteiger partial charge in [-0.2, -0.15) is 0 Å². The van der Waals surface area contributed by atoms with Crippen molar-refractivity contribution >= 4 is 5.82 Å². The molecule has 0 unspecified atom stereocenters. The molecule has 0 fully saturated rings. The first-order valence-corrected chi connectivity index (χ1v) is 2.45. The van der Waals surface area contributed by atoms with Gasteiger partial charge in [0.1, 0.15) is 5.82 Å². The molecular formula is C5H7N3O2. The standard InChI is InChI=1S/C5H7N3O2/c1-8-4(9)2-3(6)7-5(8)10/h2H,6H2,1H3,(H,7,10)/i1D3. The Morgan fingerprint density at radius 2 is 2.50 bits per heavy atom. The lowest BCUT2D eigenvalue weighted by atomic mass is 10.6. The minimum atomic E-state index is -2.78. The van der Waals surface area contributed by atoms with Gasteiger partial charge in [0.05, 0.1) is 0 Å². The van der Waals surface area contributed by atoms with E-state index in [1.54, 1.807) is 0 Å². The van der Waals surface area contributed by atoms with Crippen LogP contribution in [-0.4, -0.2) is 9.55 Å². The van der Waals surface area contributed by atoms with Crippen molar-refractivity contribution in [2.24, 2.45) is 6.98 Å². The van der Waals surface area contributed by atoms with Crippen molar-refractivity contribution < 1.29 is 4.11 Å². The molecule has 0 amide bonds. The summed E-state index contributed by atoms with van der Waals surface area (Å²) in [5.41, 5.74) is 3.14. The fraction of sp³-hybridized carbons (Fsp3) is 0.200. The van der Waals surface area contributed by atoms with Crippen molar-refractivity contribution in [3.05, 3.63) is 26.9 Å². The highest BCUT2D eigenvalue weighted by Gasteiger charge is 1.94. The third kappa shape index (κ3) is 0.928. The van der Waals surface area contributed by atoms with Crippen LogP contribution in [0.4, 0.5) is 5.82 Å². The first-order chi connectivity index (χ1) is 5.82. The van der Waals surface area contributed by atoms with Gasteiger partial charge in [0.15, 0.2) is 0 Å². The van der Waals surface area contributed by atoms with Crippen molar-refractivity contribution in [1.82, 2.24) is 9.55 Å². The van der Waals surface area contributed by atoms with E-state index in [1.165, 1.54) is 0 Å². The lowest BCUT2D eigenvalue weighted by molar-refractivity contribution is 0.779. The van der Waals surface area contributed by atoms with Crippen molar-refractivity contribution in [3.8, 4) is 0 Å². The van der Waals surface area contributed by atoms with E-state index in [2.05, 4.69) is 0 Å². The lowest BCUT2D eigenvalue weighted by Gasteiger charge is -1.94. The molecule has 10 heavy (non-hydrogen) atoms. The SMILES string of the molecule is [2H]C([2H])([2H])n1c(=O)cc(N)[nH]c1=O. The summed E-state index contributed by atoms with van der Waals surface area (Å²) < 4.78 is 20.7. The molecule has 54 valence electrons. The Bertz CT molecular complexity index is 399. The summed E-state index contributed by atoms with van der Waals surface area (Å²) in [5, 5.41) is 0. The Hall–Kier alpha value is -1.52. The first kappa shape index (κ1) is 3.60. The molecule has 1 aromatic heterocycles. The minimum Gasteiger partial charge on any atom is -0.385 e. The molecule has 1 rings (SSSR count). The van der Waals surface area contributed by atoms with E-state index in [0.29, 0.717) is 0 Å². The van der Waals surface area contributed by atoms with Gasteiger partial charge in [0.25, 0.3) is 5.56 Å². The summed E-state index contributed by atoms with van der Waals surface area (Å²) in [4.78, 5) is 24.0. The number of nitrogen functional groups attached to an aromatic ring is 1. The van der Waals surface area contributed by atoms with E-state index in [9.17, 15) is 9.59 Å². The van der Waals surface area contributed by atoms with Crippen LogP contribution < -0.4 is 17.0 Å². The van der Waals surface area contributed by atoms with Crippen LogP contribution in [-0.2, 0) is 6.98 Å². The molecule has 0 aliphatic rings. The second-order valence-electron chi connectivity index (χ2n) is 1.70. The molecule has 0 saturated heterocycles. The molecule has 3 N–H and O–H groups in total. The van der Waals surface area contributed by atoms with Crippen LogP contribution in [0, 0.1) is 0 Å². The third-order valence-corrected chi connectivity index (χ3v) is 0.954. The van der Waals surface area contributed by atoms with E-state index in [4.69, 9.17) is 9.85 Å². The largest absolute Gasteiger partial charge is 0.385 e. The fourth-order valence-corrected chi connectivity index (χ4v) is 0.513. The summed E-state index contributed by atoms with van der Waals surface area (Å²) in [6.07, 6.45) is 0. The summed E-state index contributed by atoms with van der Waals surface area (Å²) in [7, 11) is 0. The van der Waals surface area contributed by atoms with Crippen molar-refractivity contribution in [2.45, 2.75) is 0 Å². The summed E-state index contributed by atoms with van der Waals surface area (Å²) in [6, 6.07) is 0.841. The summed E-state index contributed by atoms with van der Waals surface area (Å²) in [6.45, 7) is -2.78. The number of anilines is 1. The van der Waals surface area contributed by atoms with Crippen LogP contribution in [0.1, 0.15) is 4.11 Å². The summed E-state index contributed by atoms with van der Waals surface area (Å²) >= 11 is 0. The Morgan fingerprint density at radius 1 is 1.80 bits per heavy atom. The third-order valence-electron chi connectivity index (χ3n) is 0.954. The zero-order valence-electron chi connectivity index (χ0n) is 7.92. The highest BCUT2D eigenvalue weighted by atomic mass is 16.2. The van der Waals surface area contributed by atoms with Crippen LogP contribution in [0.15, 0.2) is 15.7 Å². The maximum atomic E-state index is 11.0. The number of aromatic nitrogens is 2. The molecule has 0 radical (unpaired) electrons. The molecular weight excluding hydrogens is 134 g/mol. The van der Waals surface area contributed by atoms with Gasteiger partial charge in [0, 0.05) is 17.2 Å². The predicted octanol–water partition coefficient (Wildman–Crippen LogP) is -1.34. The Balaban J connectivity index is 3.58. The molecule has 1 heterocycles. The zero-order chi connectivity index (χ0) is 10.2. The van der Waals surface area contributed by atoms with Crippen LogP contribution in [0.2, 0.25) is 0 Å². The van der Waals surface area contributed by atoms with Gasteiger partial charge in [0.2, 0.25) is 0 Å². The van der Waals surface area contributed by atoms with Crippen LogP contribution in [0.25, 0.3) is 0 Å². The maximum absolute atomic E-state index is 11.0. The number of hydrogen-bond acceptors (Lipinski definition) is 3. The molecule has 0 aliphatic heterocycles. The Kier molecular flexibility index (Phi) is 0.726. The Morgan fingerprint density at radius 3 is 3.00 bits per heavy atom. The van der Waals surface area contributed by atoms with Crippen molar-refractivity contribution in [1.29, 1.82) is 0 Å². The molecule has 5 nitrogen and oxygen atoms in total. The second kappa shape index (κ2) is 2.02. The smallest absolute Gasteiger partial charge is 0.329 e. The average molecular weight is 144 g/mol. The van der Waals surface area contributed by atoms with Crippen LogP contribution >= 0.6 is 0 Å². The minimum absolute atomic E-state index is 0.128. The monoisotopic (exact) mass is 144 g/mol. The molecule has 0 atom stereocenters. The highest BCUT2D eigenvalue weighted by Crippen LogP contribution is 1.79. The predicted molar refractivity (Wildman–Crippen MR) is 36.7 cm³/mol. The van der Waals surface area contributed by atoms with E-state index in [0.717, 1.165) is 6.07 Å². The molecule has 0 aliphatic carbocycles. The molecule has 0 spiro atoms. The van der Waals surface area contributed by atoms with Gasteiger partial charge in [-0.1, -0.05) is 0 Å². The number of nitrogens with zero attached hydrogens (tertiary/aromatic N) is 1.